The van der Waals surface area contributed by atoms with E-state index in [2.05, 4.69) is 5.32 Å². The minimum absolute atomic E-state index is 0.0743. The predicted molar refractivity (Wildman–Crippen MR) is 89.0 cm³/mol. The van der Waals surface area contributed by atoms with Crippen LogP contribution >= 0.6 is 0 Å². The summed E-state index contributed by atoms with van der Waals surface area (Å²) in [7, 11) is 0. The van der Waals surface area contributed by atoms with E-state index in [1.807, 2.05) is 10.2 Å². The third-order valence-corrected chi connectivity index (χ3v) is 4.11. The molecule has 0 aromatic heterocycles. The molecule has 0 unspecified atom stereocenters. The molecule has 6 nitrogen and oxygen atoms in total. The van der Waals surface area contributed by atoms with Crippen LogP contribution in [0.1, 0.15) is 21.5 Å². The summed E-state index contributed by atoms with van der Waals surface area (Å²) in [5.41, 5.74) is -4.05. The van der Waals surface area contributed by atoms with Gasteiger partial charge >= 0.3 is 12.4 Å². The molecule has 2 rings (SSSR count). The number of hydrogen-bond donors (Lipinski definition) is 2. The molecule has 0 aliphatic carbocycles. The first-order valence-electron chi connectivity index (χ1n) is 8.61. The molecule has 0 radical (unpaired) electrons. The number of morpholine rings is 1. The molecule has 0 bridgehead atoms. The van der Waals surface area contributed by atoms with E-state index in [0.717, 1.165) is 0 Å². The van der Waals surface area contributed by atoms with Gasteiger partial charge in [-0.15, -0.1) is 0 Å². The van der Waals surface area contributed by atoms with Gasteiger partial charge < -0.3 is 15.4 Å². The van der Waals surface area contributed by atoms with Crippen molar-refractivity contribution < 1.29 is 40.7 Å². The van der Waals surface area contributed by atoms with Gasteiger partial charge in [0.25, 0.3) is 5.91 Å². The van der Waals surface area contributed by atoms with Gasteiger partial charge in [0.2, 0.25) is 5.91 Å². The molecular weight excluding hydrogens is 408 g/mol. The van der Waals surface area contributed by atoms with Crippen LogP contribution < -0.4 is 10.6 Å². The highest BCUT2D eigenvalue weighted by molar-refractivity contribution is 5.96. The number of halogens is 6. The topological polar surface area (TPSA) is 70.7 Å². The van der Waals surface area contributed by atoms with Crippen LogP contribution in [0.15, 0.2) is 18.2 Å². The molecule has 2 amide bonds. The summed E-state index contributed by atoms with van der Waals surface area (Å²) in [6.45, 7) is 2.83. The molecular formula is C17H19F6N3O3. The average Bonchev–Trinajstić information content (AvgIpc) is 2.65. The molecule has 29 heavy (non-hydrogen) atoms. The van der Waals surface area contributed by atoms with Crippen molar-refractivity contribution in [3.8, 4) is 0 Å². The van der Waals surface area contributed by atoms with Crippen LogP contribution in [-0.4, -0.2) is 62.7 Å². The molecule has 0 saturated carbocycles. The van der Waals surface area contributed by atoms with E-state index >= 15 is 0 Å². The number of rotatable bonds is 6. The maximum absolute atomic E-state index is 12.8. The monoisotopic (exact) mass is 427 g/mol. The number of nitrogens with zero attached hydrogens (tertiary/aromatic N) is 1. The number of benzene rings is 1. The Balaban J connectivity index is 1.92. The summed E-state index contributed by atoms with van der Waals surface area (Å²) in [5.74, 6) is -1.83. The summed E-state index contributed by atoms with van der Waals surface area (Å²) < 4.78 is 82.2. The first-order valence-corrected chi connectivity index (χ1v) is 8.61. The maximum atomic E-state index is 12.8. The lowest BCUT2D eigenvalue weighted by Crippen LogP contribution is -2.43. The Morgan fingerprint density at radius 2 is 1.48 bits per heavy atom. The van der Waals surface area contributed by atoms with Crippen molar-refractivity contribution in [2.75, 3.05) is 45.9 Å². The van der Waals surface area contributed by atoms with Crippen molar-refractivity contribution in [2.24, 2.45) is 0 Å². The summed E-state index contributed by atoms with van der Waals surface area (Å²) in [4.78, 5) is 25.8. The number of amides is 2. The molecule has 0 atom stereocenters. The fraction of sp³-hybridized carbons (Fsp3) is 0.529. The smallest absolute Gasteiger partial charge is 0.379 e. The third kappa shape index (κ3) is 7.20. The molecule has 1 aliphatic rings. The van der Waals surface area contributed by atoms with E-state index in [1.54, 1.807) is 0 Å². The number of carbonyl (C=O) groups excluding carboxylic acids is 2. The van der Waals surface area contributed by atoms with Gasteiger partial charge in [-0.1, -0.05) is 0 Å². The highest BCUT2D eigenvalue weighted by Gasteiger charge is 2.37. The highest BCUT2D eigenvalue weighted by Crippen LogP contribution is 2.36. The first kappa shape index (κ1) is 22.9. The maximum Gasteiger partial charge on any atom is 0.416 e. The molecule has 2 N–H and O–H groups in total. The first-order chi connectivity index (χ1) is 13.5. The Bertz CT molecular complexity index is 698. The lowest BCUT2D eigenvalue weighted by atomic mass is 10.0. The summed E-state index contributed by atoms with van der Waals surface area (Å²) in [5, 5.41) is 4.54. The van der Waals surface area contributed by atoms with Crippen LogP contribution in [-0.2, 0) is 21.9 Å². The van der Waals surface area contributed by atoms with E-state index in [0.29, 0.717) is 45.0 Å². The van der Waals surface area contributed by atoms with Gasteiger partial charge in [-0.05, 0) is 18.2 Å². The van der Waals surface area contributed by atoms with Crippen molar-refractivity contribution >= 4 is 11.8 Å². The van der Waals surface area contributed by atoms with Crippen LogP contribution in [0.4, 0.5) is 26.3 Å². The van der Waals surface area contributed by atoms with Gasteiger partial charge in [-0.2, -0.15) is 26.3 Å². The van der Waals surface area contributed by atoms with Gasteiger partial charge in [0.1, 0.15) is 0 Å². The van der Waals surface area contributed by atoms with E-state index in [-0.39, 0.29) is 12.6 Å². The number of nitrogens with one attached hydrogen (secondary N) is 2. The molecule has 1 saturated heterocycles. The second kappa shape index (κ2) is 9.44. The molecule has 0 spiro atoms. The normalized spacial score (nSPS) is 15.8. The van der Waals surface area contributed by atoms with Crippen LogP contribution in [0.3, 0.4) is 0 Å². The Labute approximate surface area is 162 Å². The van der Waals surface area contributed by atoms with Crippen LogP contribution in [0.25, 0.3) is 0 Å². The van der Waals surface area contributed by atoms with Crippen molar-refractivity contribution in [3.63, 3.8) is 0 Å². The molecule has 1 aromatic rings. The quantitative estimate of drug-likeness (QED) is 0.681. The summed E-state index contributed by atoms with van der Waals surface area (Å²) >= 11 is 0. The highest BCUT2D eigenvalue weighted by atomic mass is 19.4. The van der Waals surface area contributed by atoms with E-state index in [9.17, 15) is 35.9 Å². The zero-order valence-corrected chi connectivity index (χ0v) is 15.1. The van der Waals surface area contributed by atoms with Gasteiger partial charge in [0.05, 0.1) is 30.9 Å². The predicted octanol–water partition coefficient (Wildman–Crippen LogP) is 1.90. The zero-order valence-electron chi connectivity index (χ0n) is 15.1. The fourth-order valence-corrected chi connectivity index (χ4v) is 2.59. The number of hydrogen-bond acceptors (Lipinski definition) is 4. The minimum Gasteiger partial charge on any atom is -0.379 e. The fourth-order valence-electron chi connectivity index (χ4n) is 2.59. The third-order valence-electron chi connectivity index (χ3n) is 4.11. The van der Waals surface area contributed by atoms with Crippen molar-refractivity contribution in [2.45, 2.75) is 12.4 Å². The lowest BCUT2D eigenvalue weighted by Gasteiger charge is -2.26. The molecule has 1 fully saturated rings. The van der Waals surface area contributed by atoms with Gasteiger partial charge in [0.15, 0.2) is 0 Å². The van der Waals surface area contributed by atoms with Gasteiger partial charge in [-0.25, -0.2) is 0 Å². The van der Waals surface area contributed by atoms with E-state index in [4.69, 9.17) is 4.74 Å². The lowest BCUT2D eigenvalue weighted by molar-refractivity contribution is -0.143. The second-order valence-electron chi connectivity index (χ2n) is 6.28. The van der Waals surface area contributed by atoms with E-state index in [1.165, 1.54) is 0 Å². The van der Waals surface area contributed by atoms with Crippen LogP contribution in [0.2, 0.25) is 0 Å². The summed E-state index contributed by atoms with van der Waals surface area (Å²) in [6.07, 6.45) is -10.1. The number of alkyl halides is 6. The zero-order chi connectivity index (χ0) is 21.7. The second-order valence-corrected chi connectivity index (χ2v) is 6.28. The Hall–Kier alpha value is -2.34. The Kier molecular flexibility index (Phi) is 7.47. The van der Waals surface area contributed by atoms with Crippen molar-refractivity contribution in [1.29, 1.82) is 0 Å². The minimum atomic E-state index is -5.06. The van der Waals surface area contributed by atoms with Crippen molar-refractivity contribution in [1.82, 2.24) is 15.5 Å². The SMILES string of the molecule is O=C(CNC(=O)c1cc(C(F)(F)F)cc(C(F)(F)F)c1)NCCN1CCOCC1. The Morgan fingerprint density at radius 3 is 2.00 bits per heavy atom. The molecule has 1 aliphatic heterocycles. The summed E-state index contributed by atoms with van der Waals surface area (Å²) in [6, 6.07) is 0.539. The molecule has 1 aromatic carbocycles. The number of ether oxygens (including phenoxy) is 1. The molecule has 12 heteroatoms. The Morgan fingerprint density at radius 1 is 0.931 bits per heavy atom. The van der Waals surface area contributed by atoms with Crippen molar-refractivity contribution in [3.05, 3.63) is 34.9 Å². The van der Waals surface area contributed by atoms with Crippen LogP contribution in [0, 0.1) is 0 Å². The van der Waals surface area contributed by atoms with Crippen LogP contribution in [0.5, 0.6) is 0 Å². The van der Waals surface area contributed by atoms with Gasteiger partial charge in [0, 0.05) is 31.7 Å². The molecule has 162 valence electrons. The average molecular weight is 427 g/mol. The standard InChI is InChI=1S/C17H19F6N3O3/c18-16(19,20)12-7-11(8-13(9-12)17(21,22)23)15(28)25-10-14(27)24-1-2-26-3-5-29-6-4-26/h7-9H,1-6,10H2,(H,24,27)(H,25,28). The number of carbonyl (C=O) groups is 2. The van der Waals surface area contributed by atoms with Gasteiger partial charge in [-0.3, -0.25) is 14.5 Å². The van der Waals surface area contributed by atoms with E-state index < -0.39 is 47.4 Å². The molecule has 1 heterocycles. The largest absolute Gasteiger partial charge is 0.416 e.